The van der Waals surface area contributed by atoms with Gasteiger partial charge >= 0.3 is 0 Å². The standard InChI is InChI=1S/C13H22N2O3S/c1-9-6-12(14-4)7-10(2)13(9)19(16,17)15-11(3)8-18-5/h6-7,11,14-15H,8H2,1-5H3. The molecule has 6 heteroatoms. The Morgan fingerprint density at radius 3 is 2.21 bits per heavy atom. The Morgan fingerprint density at radius 1 is 1.26 bits per heavy atom. The summed E-state index contributed by atoms with van der Waals surface area (Å²) >= 11 is 0. The van der Waals surface area contributed by atoms with E-state index in [-0.39, 0.29) is 6.04 Å². The van der Waals surface area contributed by atoms with Crippen LogP contribution in [0.3, 0.4) is 0 Å². The van der Waals surface area contributed by atoms with Crippen molar-refractivity contribution >= 4 is 15.7 Å². The zero-order valence-electron chi connectivity index (χ0n) is 12.1. The van der Waals surface area contributed by atoms with E-state index in [0.717, 1.165) is 16.8 Å². The van der Waals surface area contributed by atoms with E-state index in [9.17, 15) is 8.42 Å². The van der Waals surface area contributed by atoms with E-state index in [0.29, 0.717) is 11.5 Å². The van der Waals surface area contributed by atoms with Gasteiger partial charge in [-0.15, -0.1) is 0 Å². The van der Waals surface area contributed by atoms with Gasteiger partial charge in [0.05, 0.1) is 11.5 Å². The molecule has 0 fully saturated rings. The molecule has 108 valence electrons. The van der Waals surface area contributed by atoms with E-state index >= 15 is 0 Å². The number of rotatable bonds is 6. The van der Waals surface area contributed by atoms with Crippen LogP contribution in [0, 0.1) is 13.8 Å². The molecule has 1 rings (SSSR count). The van der Waals surface area contributed by atoms with E-state index in [2.05, 4.69) is 10.0 Å². The third-order valence-corrected chi connectivity index (χ3v) is 4.68. The van der Waals surface area contributed by atoms with Gasteiger partial charge in [0.1, 0.15) is 0 Å². The van der Waals surface area contributed by atoms with Crippen molar-refractivity contribution in [3.8, 4) is 0 Å². The highest BCUT2D eigenvalue weighted by Gasteiger charge is 2.22. The van der Waals surface area contributed by atoms with Crippen molar-refractivity contribution in [2.24, 2.45) is 0 Å². The second-order valence-electron chi connectivity index (χ2n) is 4.67. The zero-order chi connectivity index (χ0) is 14.6. The Morgan fingerprint density at radius 2 is 1.79 bits per heavy atom. The van der Waals surface area contributed by atoms with Gasteiger partial charge in [-0.05, 0) is 44.0 Å². The van der Waals surface area contributed by atoms with Crippen LogP contribution in [0.4, 0.5) is 5.69 Å². The number of anilines is 1. The van der Waals surface area contributed by atoms with Crippen LogP contribution in [-0.2, 0) is 14.8 Å². The van der Waals surface area contributed by atoms with E-state index in [4.69, 9.17) is 4.74 Å². The first-order valence-corrected chi connectivity index (χ1v) is 7.60. The van der Waals surface area contributed by atoms with Crippen LogP contribution in [0.15, 0.2) is 17.0 Å². The predicted molar refractivity (Wildman–Crippen MR) is 77.1 cm³/mol. The number of methoxy groups -OCH3 is 1. The van der Waals surface area contributed by atoms with Crippen LogP contribution in [0.2, 0.25) is 0 Å². The smallest absolute Gasteiger partial charge is 0.241 e. The van der Waals surface area contributed by atoms with Crippen molar-refractivity contribution in [2.75, 3.05) is 26.1 Å². The summed E-state index contributed by atoms with van der Waals surface area (Å²) in [5.74, 6) is 0. The molecule has 0 aliphatic heterocycles. The quantitative estimate of drug-likeness (QED) is 0.834. The summed E-state index contributed by atoms with van der Waals surface area (Å²) in [5.41, 5.74) is 2.35. The topological polar surface area (TPSA) is 67.4 Å². The van der Waals surface area contributed by atoms with E-state index in [1.807, 2.05) is 12.1 Å². The van der Waals surface area contributed by atoms with Crippen molar-refractivity contribution < 1.29 is 13.2 Å². The Hall–Kier alpha value is -1.11. The molecule has 19 heavy (non-hydrogen) atoms. The van der Waals surface area contributed by atoms with Gasteiger partial charge in [-0.2, -0.15) is 0 Å². The molecular formula is C13H22N2O3S. The maximum absolute atomic E-state index is 12.4. The van der Waals surface area contributed by atoms with Crippen molar-refractivity contribution in [3.63, 3.8) is 0 Å². The second-order valence-corrected chi connectivity index (χ2v) is 6.32. The van der Waals surface area contributed by atoms with Gasteiger partial charge in [0, 0.05) is 25.9 Å². The van der Waals surface area contributed by atoms with Gasteiger partial charge in [-0.1, -0.05) is 0 Å². The molecule has 0 aliphatic rings. The number of aryl methyl sites for hydroxylation is 2. The number of sulfonamides is 1. The van der Waals surface area contributed by atoms with Crippen molar-refractivity contribution in [2.45, 2.75) is 31.7 Å². The molecule has 1 aromatic rings. The third kappa shape index (κ3) is 3.92. The molecule has 0 aliphatic carbocycles. The Balaban J connectivity index is 3.15. The summed E-state index contributed by atoms with van der Waals surface area (Å²) in [7, 11) is -0.174. The zero-order valence-corrected chi connectivity index (χ0v) is 12.9. The molecule has 0 aromatic heterocycles. The first kappa shape index (κ1) is 15.9. The maximum Gasteiger partial charge on any atom is 0.241 e. The Kier molecular flexibility index (Phi) is 5.34. The van der Waals surface area contributed by atoms with Gasteiger partial charge in [0.25, 0.3) is 0 Å². The highest BCUT2D eigenvalue weighted by Crippen LogP contribution is 2.24. The minimum absolute atomic E-state index is 0.266. The number of hydrogen-bond donors (Lipinski definition) is 2. The average molecular weight is 286 g/mol. The molecule has 2 N–H and O–H groups in total. The second kappa shape index (κ2) is 6.36. The first-order chi connectivity index (χ1) is 8.81. The Bertz CT molecular complexity index is 518. The number of ether oxygens (including phenoxy) is 1. The number of nitrogens with one attached hydrogen (secondary N) is 2. The van der Waals surface area contributed by atoms with Crippen LogP contribution in [0.1, 0.15) is 18.1 Å². The molecule has 1 aromatic carbocycles. The van der Waals surface area contributed by atoms with Gasteiger partial charge < -0.3 is 10.1 Å². The average Bonchev–Trinajstić information content (AvgIpc) is 2.26. The maximum atomic E-state index is 12.4. The summed E-state index contributed by atoms with van der Waals surface area (Å²) in [6.45, 7) is 5.70. The summed E-state index contributed by atoms with van der Waals surface area (Å²) in [6.07, 6.45) is 0. The summed E-state index contributed by atoms with van der Waals surface area (Å²) in [5, 5.41) is 3.01. The SMILES string of the molecule is CNc1cc(C)c(S(=O)(=O)NC(C)COC)c(C)c1. The normalized spacial score (nSPS) is 13.3. The highest BCUT2D eigenvalue weighted by atomic mass is 32.2. The third-order valence-electron chi connectivity index (χ3n) is 2.79. The lowest BCUT2D eigenvalue weighted by Crippen LogP contribution is -2.36. The minimum Gasteiger partial charge on any atom is -0.388 e. The monoisotopic (exact) mass is 286 g/mol. The summed E-state index contributed by atoms with van der Waals surface area (Å²) in [4.78, 5) is 0.342. The van der Waals surface area contributed by atoms with Crippen molar-refractivity contribution in [1.82, 2.24) is 4.72 Å². The van der Waals surface area contributed by atoms with Crippen LogP contribution >= 0.6 is 0 Å². The molecule has 1 atom stereocenters. The number of hydrogen-bond acceptors (Lipinski definition) is 4. The molecule has 0 saturated heterocycles. The largest absolute Gasteiger partial charge is 0.388 e. The Labute approximate surface area is 115 Å². The molecule has 0 radical (unpaired) electrons. The van der Waals surface area contributed by atoms with Crippen LogP contribution in [-0.4, -0.2) is 35.2 Å². The fraction of sp³-hybridized carbons (Fsp3) is 0.538. The molecule has 0 saturated carbocycles. The lowest BCUT2D eigenvalue weighted by atomic mass is 10.1. The van der Waals surface area contributed by atoms with E-state index in [1.165, 1.54) is 0 Å². The molecule has 0 amide bonds. The predicted octanol–water partition coefficient (Wildman–Crippen LogP) is 1.66. The summed E-state index contributed by atoms with van der Waals surface area (Å²) in [6, 6.07) is 3.38. The molecule has 1 unspecified atom stereocenters. The van der Waals surface area contributed by atoms with E-state index in [1.54, 1.807) is 34.9 Å². The number of benzene rings is 1. The lowest BCUT2D eigenvalue weighted by Gasteiger charge is -2.17. The molecule has 0 heterocycles. The van der Waals surface area contributed by atoms with Gasteiger partial charge in [0.15, 0.2) is 0 Å². The lowest BCUT2D eigenvalue weighted by molar-refractivity contribution is 0.180. The van der Waals surface area contributed by atoms with Gasteiger partial charge in [-0.3, -0.25) is 0 Å². The fourth-order valence-corrected chi connectivity index (χ4v) is 3.81. The van der Waals surface area contributed by atoms with Crippen LogP contribution < -0.4 is 10.0 Å². The molecule has 0 bridgehead atoms. The van der Waals surface area contributed by atoms with Crippen molar-refractivity contribution in [1.29, 1.82) is 0 Å². The first-order valence-electron chi connectivity index (χ1n) is 6.12. The molecule has 0 spiro atoms. The highest BCUT2D eigenvalue weighted by molar-refractivity contribution is 7.89. The minimum atomic E-state index is -3.53. The van der Waals surface area contributed by atoms with Crippen molar-refractivity contribution in [3.05, 3.63) is 23.3 Å². The van der Waals surface area contributed by atoms with Crippen LogP contribution in [0.5, 0.6) is 0 Å². The molecule has 5 nitrogen and oxygen atoms in total. The summed E-state index contributed by atoms with van der Waals surface area (Å²) < 4.78 is 32.3. The molecular weight excluding hydrogens is 264 g/mol. The van der Waals surface area contributed by atoms with E-state index < -0.39 is 10.0 Å². The van der Waals surface area contributed by atoms with Gasteiger partial charge in [-0.25, -0.2) is 13.1 Å². The van der Waals surface area contributed by atoms with Crippen LogP contribution in [0.25, 0.3) is 0 Å². The fourth-order valence-electron chi connectivity index (χ4n) is 2.13. The van der Waals surface area contributed by atoms with Gasteiger partial charge in [0.2, 0.25) is 10.0 Å².